The lowest BCUT2D eigenvalue weighted by molar-refractivity contribution is 0.110. The van der Waals surface area contributed by atoms with Crippen LogP contribution in [0.5, 0.6) is 0 Å². The van der Waals surface area contributed by atoms with Gasteiger partial charge in [0.15, 0.2) is 0 Å². The van der Waals surface area contributed by atoms with Gasteiger partial charge in [-0.05, 0) is 38.6 Å². The van der Waals surface area contributed by atoms with E-state index >= 15 is 0 Å². The van der Waals surface area contributed by atoms with Crippen LogP contribution in [0.4, 0.5) is 0 Å². The molecule has 1 aliphatic rings. The Morgan fingerprint density at radius 3 is 2.27 bits per heavy atom. The van der Waals surface area contributed by atoms with E-state index < -0.39 is 0 Å². The fourth-order valence-corrected chi connectivity index (χ4v) is 1.76. The molecule has 11 heavy (non-hydrogen) atoms. The summed E-state index contributed by atoms with van der Waals surface area (Å²) in [5, 5.41) is 0. The van der Waals surface area contributed by atoms with Gasteiger partial charge < -0.3 is 4.90 Å². The summed E-state index contributed by atoms with van der Waals surface area (Å²) in [5.74, 6) is 1.83. The zero-order chi connectivity index (χ0) is 8.43. The Morgan fingerprint density at radius 1 is 1.18 bits per heavy atom. The van der Waals surface area contributed by atoms with Crippen LogP contribution in [0.2, 0.25) is 0 Å². The van der Waals surface area contributed by atoms with Gasteiger partial charge in [0, 0.05) is 12.6 Å². The lowest BCUT2D eigenvalue weighted by Gasteiger charge is -2.37. The first-order valence-corrected chi connectivity index (χ1v) is 4.85. The van der Waals surface area contributed by atoms with Crippen molar-refractivity contribution in [2.45, 2.75) is 40.2 Å². The molecular weight excluding hydrogens is 134 g/mol. The average Bonchev–Trinajstić information content (AvgIpc) is 1.94. The molecule has 66 valence electrons. The molecule has 1 saturated heterocycles. The summed E-state index contributed by atoms with van der Waals surface area (Å²) in [6.07, 6.45) is 1.39. The minimum atomic E-state index is 0.741. The molecule has 0 bridgehead atoms. The molecular formula is C10H21N. The Bertz CT molecular complexity index is 120. The SMILES string of the molecule is CC1CN(C(C)C)CC[C@@H]1C. The van der Waals surface area contributed by atoms with Crippen molar-refractivity contribution in [1.29, 1.82) is 0 Å². The zero-order valence-electron chi connectivity index (χ0n) is 8.30. The van der Waals surface area contributed by atoms with E-state index in [1.807, 2.05) is 0 Å². The Balaban J connectivity index is 2.40. The molecule has 0 amide bonds. The summed E-state index contributed by atoms with van der Waals surface area (Å²) in [4.78, 5) is 2.59. The standard InChI is InChI=1S/C10H21N/c1-8(2)11-6-5-9(3)10(4)7-11/h8-10H,5-7H2,1-4H3/t9-,10?/m0/s1. The summed E-state index contributed by atoms with van der Waals surface area (Å²) in [5.41, 5.74) is 0. The van der Waals surface area contributed by atoms with Crippen molar-refractivity contribution in [2.75, 3.05) is 13.1 Å². The number of likely N-dealkylation sites (tertiary alicyclic amines) is 1. The largest absolute Gasteiger partial charge is 0.301 e. The van der Waals surface area contributed by atoms with E-state index in [-0.39, 0.29) is 0 Å². The second-order valence-corrected chi connectivity index (χ2v) is 4.33. The number of piperidine rings is 1. The number of nitrogens with zero attached hydrogens (tertiary/aromatic N) is 1. The first-order chi connectivity index (χ1) is 5.11. The van der Waals surface area contributed by atoms with Gasteiger partial charge in [0.25, 0.3) is 0 Å². The van der Waals surface area contributed by atoms with Crippen molar-refractivity contribution in [2.24, 2.45) is 11.8 Å². The van der Waals surface area contributed by atoms with Crippen molar-refractivity contribution >= 4 is 0 Å². The zero-order valence-corrected chi connectivity index (χ0v) is 8.30. The third-order valence-electron chi connectivity index (χ3n) is 3.10. The first-order valence-electron chi connectivity index (χ1n) is 4.85. The number of hydrogen-bond donors (Lipinski definition) is 0. The monoisotopic (exact) mass is 155 g/mol. The van der Waals surface area contributed by atoms with E-state index in [2.05, 4.69) is 32.6 Å². The third-order valence-corrected chi connectivity index (χ3v) is 3.10. The van der Waals surface area contributed by atoms with Crippen molar-refractivity contribution in [1.82, 2.24) is 4.90 Å². The highest BCUT2D eigenvalue weighted by Gasteiger charge is 2.23. The van der Waals surface area contributed by atoms with E-state index in [0.29, 0.717) is 0 Å². The molecule has 2 atom stereocenters. The highest BCUT2D eigenvalue weighted by Crippen LogP contribution is 2.23. The molecule has 1 heterocycles. The van der Waals surface area contributed by atoms with E-state index in [4.69, 9.17) is 0 Å². The lowest BCUT2D eigenvalue weighted by atomic mass is 9.88. The van der Waals surface area contributed by atoms with E-state index in [9.17, 15) is 0 Å². The predicted octanol–water partition coefficient (Wildman–Crippen LogP) is 2.37. The maximum Gasteiger partial charge on any atom is 0.00387 e. The van der Waals surface area contributed by atoms with Crippen LogP contribution in [0.15, 0.2) is 0 Å². The molecule has 0 aromatic heterocycles. The summed E-state index contributed by atoms with van der Waals surface area (Å²) < 4.78 is 0. The van der Waals surface area contributed by atoms with E-state index in [1.165, 1.54) is 19.5 Å². The minimum absolute atomic E-state index is 0.741. The Hall–Kier alpha value is -0.0400. The number of rotatable bonds is 1. The Morgan fingerprint density at radius 2 is 1.82 bits per heavy atom. The van der Waals surface area contributed by atoms with Gasteiger partial charge in [-0.3, -0.25) is 0 Å². The molecule has 1 rings (SSSR count). The van der Waals surface area contributed by atoms with Gasteiger partial charge >= 0.3 is 0 Å². The summed E-state index contributed by atoms with van der Waals surface area (Å²) in [7, 11) is 0. The van der Waals surface area contributed by atoms with Crippen LogP contribution in [-0.4, -0.2) is 24.0 Å². The van der Waals surface area contributed by atoms with Gasteiger partial charge in [-0.15, -0.1) is 0 Å². The van der Waals surface area contributed by atoms with Crippen LogP contribution in [0.1, 0.15) is 34.1 Å². The lowest BCUT2D eigenvalue weighted by Crippen LogP contribution is -2.42. The molecule has 0 spiro atoms. The smallest absolute Gasteiger partial charge is 0.00387 e. The van der Waals surface area contributed by atoms with Gasteiger partial charge in [-0.2, -0.15) is 0 Å². The first kappa shape index (κ1) is 9.05. The van der Waals surface area contributed by atoms with Gasteiger partial charge in [-0.25, -0.2) is 0 Å². The van der Waals surface area contributed by atoms with Crippen LogP contribution in [0.3, 0.4) is 0 Å². The molecule has 0 radical (unpaired) electrons. The fourth-order valence-electron chi connectivity index (χ4n) is 1.76. The van der Waals surface area contributed by atoms with Crippen LogP contribution in [-0.2, 0) is 0 Å². The molecule has 1 nitrogen and oxygen atoms in total. The van der Waals surface area contributed by atoms with E-state index in [1.54, 1.807) is 0 Å². The molecule has 1 aliphatic heterocycles. The Kier molecular flexibility index (Phi) is 2.94. The summed E-state index contributed by atoms with van der Waals surface area (Å²) >= 11 is 0. The van der Waals surface area contributed by atoms with Crippen molar-refractivity contribution in [3.8, 4) is 0 Å². The number of hydrogen-bond acceptors (Lipinski definition) is 1. The molecule has 1 heteroatoms. The maximum atomic E-state index is 2.59. The third kappa shape index (κ3) is 2.19. The molecule has 1 fully saturated rings. The molecule has 1 unspecified atom stereocenters. The minimum Gasteiger partial charge on any atom is -0.301 e. The highest BCUT2D eigenvalue weighted by atomic mass is 15.2. The molecule has 0 N–H and O–H groups in total. The van der Waals surface area contributed by atoms with Gasteiger partial charge in [0.05, 0.1) is 0 Å². The quantitative estimate of drug-likeness (QED) is 0.562. The topological polar surface area (TPSA) is 3.24 Å². The van der Waals surface area contributed by atoms with Gasteiger partial charge in [0.2, 0.25) is 0 Å². The van der Waals surface area contributed by atoms with Crippen LogP contribution < -0.4 is 0 Å². The van der Waals surface area contributed by atoms with Gasteiger partial charge in [0.1, 0.15) is 0 Å². The maximum absolute atomic E-state index is 2.59. The van der Waals surface area contributed by atoms with Crippen molar-refractivity contribution in [3.05, 3.63) is 0 Å². The highest BCUT2D eigenvalue weighted by molar-refractivity contribution is 4.76. The summed E-state index contributed by atoms with van der Waals surface area (Å²) in [6.45, 7) is 12.0. The predicted molar refractivity (Wildman–Crippen MR) is 49.7 cm³/mol. The summed E-state index contributed by atoms with van der Waals surface area (Å²) in [6, 6.07) is 0.741. The van der Waals surface area contributed by atoms with Crippen LogP contribution >= 0.6 is 0 Å². The van der Waals surface area contributed by atoms with Crippen molar-refractivity contribution < 1.29 is 0 Å². The Labute approximate surface area is 70.8 Å². The normalized spacial score (nSPS) is 34.6. The second-order valence-electron chi connectivity index (χ2n) is 4.33. The second kappa shape index (κ2) is 3.57. The molecule has 0 aliphatic carbocycles. The molecule has 0 aromatic carbocycles. The fraction of sp³-hybridized carbons (Fsp3) is 1.00. The van der Waals surface area contributed by atoms with E-state index in [0.717, 1.165) is 17.9 Å². The van der Waals surface area contributed by atoms with Crippen molar-refractivity contribution in [3.63, 3.8) is 0 Å². The molecule has 0 saturated carbocycles. The average molecular weight is 155 g/mol. The van der Waals surface area contributed by atoms with Crippen LogP contribution in [0, 0.1) is 11.8 Å². The van der Waals surface area contributed by atoms with Gasteiger partial charge in [-0.1, -0.05) is 13.8 Å². The van der Waals surface area contributed by atoms with Crippen LogP contribution in [0.25, 0.3) is 0 Å². The molecule has 0 aromatic rings.